The summed E-state index contributed by atoms with van der Waals surface area (Å²) in [6, 6.07) is 21.2. The number of aromatic nitrogens is 1. The number of ether oxygens (including phenoxy) is 2. The van der Waals surface area contributed by atoms with Gasteiger partial charge >= 0.3 is 0 Å². The van der Waals surface area contributed by atoms with Gasteiger partial charge in [0.05, 0.1) is 7.11 Å². The van der Waals surface area contributed by atoms with Crippen molar-refractivity contribution >= 4 is 22.3 Å². The SMILES string of the molecule is COc1cc(Nc2cc(Oc3ccc(C(C)(C)C)c4ccccc34)ccn2)ccc1O. The number of fused-ring (bicyclic) bond motifs is 1. The van der Waals surface area contributed by atoms with Gasteiger partial charge in [-0.3, -0.25) is 0 Å². The normalized spacial score (nSPS) is 11.4. The standard InChI is InChI=1S/C26H26N2O3/c1-26(2,3)21-10-12-23(20-8-6-5-7-19(20)21)31-18-13-14-27-25(16-18)28-17-9-11-22(29)24(15-17)30-4/h5-16,29H,1-4H3,(H,27,28). The second-order valence-electron chi connectivity index (χ2n) is 8.40. The number of nitrogens with zero attached hydrogens (tertiary/aromatic N) is 1. The highest BCUT2D eigenvalue weighted by Crippen LogP contribution is 2.37. The summed E-state index contributed by atoms with van der Waals surface area (Å²) in [5, 5.41) is 15.3. The van der Waals surface area contributed by atoms with E-state index in [4.69, 9.17) is 9.47 Å². The summed E-state index contributed by atoms with van der Waals surface area (Å²) in [6.07, 6.45) is 1.70. The zero-order chi connectivity index (χ0) is 22.0. The molecule has 0 atom stereocenters. The molecule has 0 bridgehead atoms. The summed E-state index contributed by atoms with van der Waals surface area (Å²) >= 11 is 0. The van der Waals surface area contributed by atoms with Crippen molar-refractivity contribution in [3.63, 3.8) is 0 Å². The van der Waals surface area contributed by atoms with Crippen LogP contribution in [-0.4, -0.2) is 17.2 Å². The number of benzene rings is 3. The van der Waals surface area contributed by atoms with E-state index in [0.717, 1.165) is 16.8 Å². The Morgan fingerprint density at radius 3 is 2.39 bits per heavy atom. The molecule has 0 aliphatic carbocycles. The van der Waals surface area contributed by atoms with Gasteiger partial charge in [0.25, 0.3) is 0 Å². The molecule has 5 nitrogen and oxygen atoms in total. The van der Waals surface area contributed by atoms with Gasteiger partial charge in [0.2, 0.25) is 0 Å². The molecule has 1 aromatic heterocycles. The average molecular weight is 415 g/mol. The van der Waals surface area contributed by atoms with Gasteiger partial charge in [-0.1, -0.05) is 51.1 Å². The lowest BCUT2D eigenvalue weighted by molar-refractivity contribution is 0.374. The molecule has 2 N–H and O–H groups in total. The largest absolute Gasteiger partial charge is 0.504 e. The molecule has 0 aliphatic rings. The van der Waals surface area contributed by atoms with Crippen LogP contribution in [0.1, 0.15) is 26.3 Å². The first kappa shape index (κ1) is 20.5. The van der Waals surface area contributed by atoms with E-state index in [1.807, 2.05) is 24.3 Å². The third kappa shape index (κ3) is 4.40. The van der Waals surface area contributed by atoms with Crippen LogP contribution in [0.15, 0.2) is 72.9 Å². The Hall–Kier alpha value is -3.73. The molecular weight excluding hydrogens is 388 g/mol. The van der Waals surface area contributed by atoms with Crippen molar-refractivity contribution in [1.82, 2.24) is 4.98 Å². The van der Waals surface area contributed by atoms with Gasteiger partial charge in [-0.05, 0) is 40.6 Å². The van der Waals surface area contributed by atoms with Crippen molar-refractivity contribution in [1.29, 1.82) is 0 Å². The maximum absolute atomic E-state index is 9.78. The molecule has 0 saturated heterocycles. The number of rotatable bonds is 5. The number of methoxy groups -OCH3 is 1. The van der Waals surface area contributed by atoms with Crippen molar-refractivity contribution in [2.75, 3.05) is 12.4 Å². The van der Waals surface area contributed by atoms with Gasteiger partial charge in [-0.15, -0.1) is 0 Å². The van der Waals surface area contributed by atoms with Crippen LogP contribution >= 0.6 is 0 Å². The molecule has 1 heterocycles. The van der Waals surface area contributed by atoms with Crippen LogP contribution in [0.5, 0.6) is 23.0 Å². The maximum atomic E-state index is 9.78. The first-order valence-corrected chi connectivity index (χ1v) is 10.2. The van der Waals surface area contributed by atoms with E-state index in [9.17, 15) is 5.11 Å². The fourth-order valence-electron chi connectivity index (χ4n) is 3.59. The fraction of sp³-hybridized carbons (Fsp3) is 0.192. The van der Waals surface area contributed by atoms with Crippen LogP contribution in [-0.2, 0) is 5.41 Å². The van der Waals surface area contributed by atoms with Crippen molar-refractivity contribution in [2.24, 2.45) is 0 Å². The highest BCUT2D eigenvalue weighted by molar-refractivity contribution is 5.92. The van der Waals surface area contributed by atoms with Gasteiger partial charge < -0.3 is 19.9 Å². The smallest absolute Gasteiger partial charge is 0.162 e. The van der Waals surface area contributed by atoms with E-state index in [-0.39, 0.29) is 11.2 Å². The first-order valence-electron chi connectivity index (χ1n) is 10.2. The predicted octanol–water partition coefficient (Wildman–Crippen LogP) is 6.78. The lowest BCUT2D eigenvalue weighted by Gasteiger charge is -2.22. The zero-order valence-corrected chi connectivity index (χ0v) is 18.1. The lowest BCUT2D eigenvalue weighted by atomic mass is 9.83. The molecule has 4 aromatic rings. The zero-order valence-electron chi connectivity index (χ0n) is 18.1. The molecule has 0 saturated carbocycles. The lowest BCUT2D eigenvalue weighted by Crippen LogP contribution is -2.11. The minimum Gasteiger partial charge on any atom is -0.504 e. The van der Waals surface area contributed by atoms with Gasteiger partial charge in [0.15, 0.2) is 11.5 Å². The summed E-state index contributed by atoms with van der Waals surface area (Å²) in [6.45, 7) is 6.65. The Kier molecular flexibility index (Phi) is 5.42. The van der Waals surface area contributed by atoms with Crippen LogP contribution in [0, 0.1) is 0 Å². The number of nitrogens with one attached hydrogen (secondary N) is 1. The summed E-state index contributed by atoms with van der Waals surface area (Å²) < 4.78 is 11.4. The van der Waals surface area contributed by atoms with Crippen molar-refractivity contribution in [3.05, 3.63) is 78.5 Å². The molecule has 0 radical (unpaired) electrons. The molecule has 0 aliphatic heterocycles. The number of phenolic OH excluding ortho intramolecular Hbond substituents is 1. The third-order valence-corrected chi connectivity index (χ3v) is 5.10. The van der Waals surface area contributed by atoms with Crippen LogP contribution < -0.4 is 14.8 Å². The molecule has 31 heavy (non-hydrogen) atoms. The van der Waals surface area contributed by atoms with E-state index >= 15 is 0 Å². The molecule has 0 amide bonds. The van der Waals surface area contributed by atoms with Crippen LogP contribution in [0.25, 0.3) is 10.8 Å². The molecular formula is C26H26N2O3. The third-order valence-electron chi connectivity index (χ3n) is 5.10. The Morgan fingerprint density at radius 2 is 1.65 bits per heavy atom. The molecule has 0 unspecified atom stereocenters. The number of hydrogen-bond acceptors (Lipinski definition) is 5. The van der Waals surface area contributed by atoms with E-state index < -0.39 is 0 Å². The molecule has 0 fully saturated rings. The van der Waals surface area contributed by atoms with E-state index in [1.54, 1.807) is 24.4 Å². The minimum absolute atomic E-state index is 0.0388. The van der Waals surface area contributed by atoms with Gasteiger partial charge in [0.1, 0.15) is 17.3 Å². The van der Waals surface area contributed by atoms with Crippen molar-refractivity contribution in [2.45, 2.75) is 26.2 Å². The number of hydrogen-bond donors (Lipinski definition) is 2. The monoisotopic (exact) mass is 414 g/mol. The highest BCUT2D eigenvalue weighted by atomic mass is 16.5. The average Bonchev–Trinajstić information content (AvgIpc) is 2.75. The van der Waals surface area contributed by atoms with Crippen LogP contribution in [0.2, 0.25) is 0 Å². The van der Waals surface area contributed by atoms with Gasteiger partial charge in [0, 0.05) is 29.4 Å². The Morgan fingerprint density at radius 1 is 0.871 bits per heavy atom. The van der Waals surface area contributed by atoms with Gasteiger partial charge in [-0.2, -0.15) is 0 Å². The Balaban J connectivity index is 1.63. The predicted molar refractivity (Wildman–Crippen MR) is 125 cm³/mol. The number of aromatic hydroxyl groups is 1. The van der Waals surface area contributed by atoms with E-state index in [0.29, 0.717) is 17.3 Å². The van der Waals surface area contributed by atoms with E-state index in [2.05, 4.69) is 55.3 Å². The number of anilines is 2. The first-order chi connectivity index (χ1) is 14.8. The van der Waals surface area contributed by atoms with Crippen molar-refractivity contribution < 1.29 is 14.6 Å². The molecule has 4 rings (SSSR count). The van der Waals surface area contributed by atoms with Gasteiger partial charge in [-0.25, -0.2) is 4.98 Å². The minimum atomic E-state index is 0.0388. The van der Waals surface area contributed by atoms with Crippen LogP contribution in [0.4, 0.5) is 11.5 Å². The van der Waals surface area contributed by atoms with Crippen molar-refractivity contribution in [3.8, 4) is 23.0 Å². The summed E-state index contributed by atoms with van der Waals surface area (Å²) in [7, 11) is 1.51. The van der Waals surface area contributed by atoms with E-state index in [1.165, 1.54) is 18.1 Å². The molecule has 5 heteroatoms. The van der Waals surface area contributed by atoms with Crippen LogP contribution in [0.3, 0.4) is 0 Å². The Labute approximate surface area is 182 Å². The molecule has 158 valence electrons. The summed E-state index contributed by atoms with van der Waals surface area (Å²) in [4.78, 5) is 4.37. The molecule has 3 aromatic carbocycles. The quantitative estimate of drug-likeness (QED) is 0.352. The number of phenols is 1. The topological polar surface area (TPSA) is 63.6 Å². The summed E-state index contributed by atoms with van der Waals surface area (Å²) in [5.74, 6) is 2.58. The highest BCUT2D eigenvalue weighted by Gasteiger charge is 2.18. The second-order valence-corrected chi connectivity index (χ2v) is 8.40. The fourth-order valence-corrected chi connectivity index (χ4v) is 3.59. The number of pyridine rings is 1. The summed E-state index contributed by atoms with van der Waals surface area (Å²) in [5.41, 5.74) is 2.07. The Bertz CT molecular complexity index is 1230. The molecule has 0 spiro atoms. The second kappa shape index (κ2) is 8.19. The maximum Gasteiger partial charge on any atom is 0.162 e.